The van der Waals surface area contributed by atoms with E-state index in [0.717, 1.165) is 0 Å². The number of hydrogen-bond donors (Lipinski definition) is 2. The Kier molecular flexibility index (Phi) is 4.04. The van der Waals surface area contributed by atoms with Gasteiger partial charge in [-0.1, -0.05) is 6.07 Å². The van der Waals surface area contributed by atoms with Gasteiger partial charge in [-0.25, -0.2) is 4.39 Å². The van der Waals surface area contributed by atoms with Gasteiger partial charge >= 0.3 is 0 Å². The number of amides is 1. The van der Waals surface area contributed by atoms with E-state index in [2.05, 4.69) is 15.2 Å². The molecule has 8 heteroatoms. The Bertz CT molecular complexity index is 1090. The SMILES string of the molecule is CC(C)(O)c1cccn2c(C3(C(=O)N=C(N)c4ccc(F)cc4)CC3)nnc12. The first-order valence-corrected chi connectivity index (χ1v) is 8.94. The molecule has 0 radical (unpaired) electrons. The first kappa shape index (κ1) is 18.2. The molecule has 4 rings (SSSR count). The number of aliphatic imine (C=N–C) groups is 1. The molecule has 2 aromatic heterocycles. The lowest BCUT2D eigenvalue weighted by Gasteiger charge is -2.18. The van der Waals surface area contributed by atoms with Crippen molar-refractivity contribution in [1.29, 1.82) is 0 Å². The van der Waals surface area contributed by atoms with Crippen LogP contribution in [-0.4, -0.2) is 31.4 Å². The predicted molar refractivity (Wildman–Crippen MR) is 101 cm³/mol. The Balaban J connectivity index is 1.72. The van der Waals surface area contributed by atoms with Crippen LogP contribution in [0, 0.1) is 5.82 Å². The number of nitrogens with two attached hydrogens (primary N) is 1. The fourth-order valence-electron chi connectivity index (χ4n) is 3.28. The van der Waals surface area contributed by atoms with Gasteiger partial charge in [-0.3, -0.25) is 9.20 Å². The van der Waals surface area contributed by atoms with E-state index in [1.807, 2.05) is 0 Å². The maximum Gasteiger partial charge on any atom is 0.261 e. The summed E-state index contributed by atoms with van der Waals surface area (Å²) >= 11 is 0. The lowest BCUT2D eigenvalue weighted by atomic mass is 9.99. The van der Waals surface area contributed by atoms with E-state index in [0.29, 0.717) is 35.4 Å². The number of halogens is 1. The summed E-state index contributed by atoms with van der Waals surface area (Å²) in [6.07, 6.45) is 2.93. The highest BCUT2D eigenvalue weighted by molar-refractivity contribution is 6.07. The number of aliphatic hydroxyl groups is 1. The quantitative estimate of drug-likeness (QED) is 0.532. The molecular formula is C20H20FN5O2. The average molecular weight is 381 g/mol. The first-order chi connectivity index (χ1) is 13.2. The normalized spacial score (nSPS) is 16.4. The Hall–Kier alpha value is -3.13. The molecule has 3 N–H and O–H groups in total. The van der Waals surface area contributed by atoms with Gasteiger partial charge < -0.3 is 10.8 Å². The molecule has 1 aromatic carbocycles. The number of carbonyl (C=O) groups excluding carboxylic acids is 1. The van der Waals surface area contributed by atoms with Crippen molar-refractivity contribution in [3.8, 4) is 0 Å². The molecule has 1 fully saturated rings. The van der Waals surface area contributed by atoms with Gasteiger partial charge in [0, 0.05) is 17.3 Å². The number of benzene rings is 1. The highest BCUT2D eigenvalue weighted by Crippen LogP contribution is 2.48. The summed E-state index contributed by atoms with van der Waals surface area (Å²) in [7, 11) is 0. The Labute approximate surface area is 160 Å². The predicted octanol–water partition coefficient (Wildman–Crippen LogP) is 2.06. The molecule has 0 unspecified atom stereocenters. The van der Waals surface area contributed by atoms with Crippen LogP contribution in [0.15, 0.2) is 47.6 Å². The van der Waals surface area contributed by atoms with Crippen molar-refractivity contribution in [1.82, 2.24) is 14.6 Å². The minimum atomic E-state index is -1.10. The molecule has 1 aliphatic rings. The van der Waals surface area contributed by atoms with Crippen LogP contribution in [0.3, 0.4) is 0 Å². The van der Waals surface area contributed by atoms with Crippen molar-refractivity contribution >= 4 is 17.4 Å². The van der Waals surface area contributed by atoms with E-state index in [4.69, 9.17) is 5.73 Å². The number of rotatable bonds is 4. The van der Waals surface area contributed by atoms with Gasteiger partial charge in [-0.15, -0.1) is 10.2 Å². The number of hydrogen-bond acceptors (Lipinski definition) is 4. The van der Waals surface area contributed by atoms with Crippen molar-refractivity contribution in [3.63, 3.8) is 0 Å². The van der Waals surface area contributed by atoms with Gasteiger partial charge in [-0.05, 0) is 57.0 Å². The second-order valence-electron chi connectivity index (χ2n) is 7.59. The van der Waals surface area contributed by atoms with Gasteiger partial charge in [-0.2, -0.15) is 4.99 Å². The maximum absolute atomic E-state index is 13.1. The lowest BCUT2D eigenvalue weighted by Crippen LogP contribution is -2.25. The monoisotopic (exact) mass is 381 g/mol. The molecule has 7 nitrogen and oxygen atoms in total. The second-order valence-corrected chi connectivity index (χ2v) is 7.59. The van der Waals surface area contributed by atoms with Crippen LogP contribution in [0.1, 0.15) is 43.6 Å². The Morgan fingerprint density at radius 1 is 1.25 bits per heavy atom. The van der Waals surface area contributed by atoms with Crippen LogP contribution >= 0.6 is 0 Å². The smallest absolute Gasteiger partial charge is 0.261 e. The third kappa shape index (κ3) is 2.95. The molecule has 1 aliphatic carbocycles. The summed E-state index contributed by atoms with van der Waals surface area (Å²) in [4.78, 5) is 17.0. The molecule has 0 bridgehead atoms. The number of aromatic nitrogens is 3. The van der Waals surface area contributed by atoms with Crippen LogP contribution in [-0.2, 0) is 15.8 Å². The number of carbonyl (C=O) groups is 1. The van der Waals surface area contributed by atoms with Crippen LogP contribution in [0.25, 0.3) is 5.65 Å². The summed E-state index contributed by atoms with van der Waals surface area (Å²) < 4.78 is 14.8. The summed E-state index contributed by atoms with van der Waals surface area (Å²) in [6.45, 7) is 3.34. The highest BCUT2D eigenvalue weighted by atomic mass is 19.1. The molecule has 28 heavy (non-hydrogen) atoms. The van der Waals surface area contributed by atoms with Crippen molar-refractivity contribution in [2.45, 2.75) is 37.7 Å². The molecule has 144 valence electrons. The van der Waals surface area contributed by atoms with Gasteiger partial charge in [0.25, 0.3) is 5.91 Å². The first-order valence-electron chi connectivity index (χ1n) is 8.94. The van der Waals surface area contributed by atoms with Crippen LogP contribution in [0.5, 0.6) is 0 Å². The van der Waals surface area contributed by atoms with Gasteiger partial charge in [0.1, 0.15) is 17.1 Å². The molecular weight excluding hydrogens is 361 g/mol. The van der Waals surface area contributed by atoms with Crippen molar-refractivity contribution < 1.29 is 14.3 Å². The van der Waals surface area contributed by atoms with Crippen molar-refractivity contribution in [3.05, 3.63) is 65.4 Å². The molecule has 0 atom stereocenters. The minimum Gasteiger partial charge on any atom is -0.386 e. The van der Waals surface area contributed by atoms with E-state index < -0.39 is 16.9 Å². The van der Waals surface area contributed by atoms with Crippen LogP contribution in [0.4, 0.5) is 4.39 Å². The van der Waals surface area contributed by atoms with Crippen LogP contribution in [0.2, 0.25) is 0 Å². The molecule has 0 aliphatic heterocycles. The van der Waals surface area contributed by atoms with E-state index in [1.165, 1.54) is 24.3 Å². The van der Waals surface area contributed by atoms with Crippen LogP contribution < -0.4 is 5.73 Å². The molecule has 0 spiro atoms. The van der Waals surface area contributed by atoms with Gasteiger partial charge in [0.15, 0.2) is 11.5 Å². The third-order valence-electron chi connectivity index (χ3n) is 5.04. The van der Waals surface area contributed by atoms with E-state index >= 15 is 0 Å². The van der Waals surface area contributed by atoms with Crippen molar-refractivity contribution in [2.75, 3.05) is 0 Å². The van der Waals surface area contributed by atoms with E-state index in [-0.39, 0.29) is 11.7 Å². The third-order valence-corrected chi connectivity index (χ3v) is 5.04. The number of fused-ring (bicyclic) bond motifs is 1. The van der Waals surface area contributed by atoms with Gasteiger partial charge in [0.05, 0.1) is 5.60 Å². The summed E-state index contributed by atoms with van der Waals surface area (Å²) in [5, 5.41) is 18.8. The summed E-state index contributed by atoms with van der Waals surface area (Å²) in [6, 6.07) is 9.04. The fourth-order valence-corrected chi connectivity index (χ4v) is 3.28. The van der Waals surface area contributed by atoms with Crippen molar-refractivity contribution in [2.24, 2.45) is 10.7 Å². The van der Waals surface area contributed by atoms with E-state index in [1.54, 1.807) is 36.6 Å². The molecule has 1 amide bonds. The van der Waals surface area contributed by atoms with Gasteiger partial charge in [0.2, 0.25) is 0 Å². The maximum atomic E-state index is 13.1. The molecule has 3 aromatic rings. The fraction of sp³-hybridized carbons (Fsp3) is 0.300. The number of nitrogens with zero attached hydrogens (tertiary/aromatic N) is 4. The minimum absolute atomic E-state index is 0.0299. The summed E-state index contributed by atoms with van der Waals surface area (Å²) in [5.74, 6) is -0.284. The zero-order valence-corrected chi connectivity index (χ0v) is 15.6. The largest absolute Gasteiger partial charge is 0.386 e. The second kappa shape index (κ2) is 6.20. The number of amidine groups is 1. The Morgan fingerprint density at radius 3 is 2.54 bits per heavy atom. The average Bonchev–Trinajstić information content (AvgIpc) is 3.34. The number of pyridine rings is 1. The van der Waals surface area contributed by atoms with E-state index in [9.17, 15) is 14.3 Å². The highest BCUT2D eigenvalue weighted by Gasteiger charge is 2.55. The standard InChI is InChI=1S/C20H20FN5O2/c1-19(2,28)14-4-3-11-26-16(14)24-25-17(26)20(9-10-20)18(27)23-15(22)12-5-7-13(21)8-6-12/h3-8,11,28H,9-10H2,1-2H3,(H2,22,23,27). The summed E-state index contributed by atoms with van der Waals surface area (Å²) in [5.41, 5.74) is 5.55. The topological polar surface area (TPSA) is 106 Å². The lowest BCUT2D eigenvalue weighted by molar-refractivity contribution is -0.120. The zero-order valence-electron chi connectivity index (χ0n) is 15.6. The Morgan fingerprint density at radius 2 is 1.93 bits per heavy atom. The molecule has 1 saturated carbocycles. The molecule has 2 heterocycles. The zero-order chi connectivity index (χ0) is 20.1. The molecule has 0 saturated heterocycles.